The van der Waals surface area contributed by atoms with Crippen molar-refractivity contribution in [1.82, 2.24) is 0 Å². The van der Waals surface area contributed by atoms with Crippen molar-refractivity contribution >= 4 is 0 Å². The fourth-order valence-corrected chi connectivity index (χ4v) is 1.87. The molecule has 2 atom stereocenters. The number of halogens is 3. The highest BCUT2D eigenvalue weighted by Crippen LogP contribution is 2.39. The minimum absolute atomic E-state index is 0.0209. The van der Waals surface area contributed by atoms with E-state index < -0.39 is 12.3 Å². The summed E-state index contributed by atoms with van der Waals surface area (Å²) in [6, 6.07) is 4.07. The Labute approximate surface area is 120 Å². The highest BCUT2D eigenvalue weighted by atomic mass is 19.4. The molecule has 0 aromatic heterocycles. The monoisotopic (exact) mass is 306 g/mol. The van der Waals surface area contributed by atoms with Crippen molar-refractivity contribution in [3.63, 3.8) is 0 Å². The molecule has 0 radical (unpaired) electrons. The molecule has 1 aromatic rings. The Kier molecular flexibility index (Phi) is 4.95. The van der Waals surface area contributed by atoms with Crippen molar-refractivity contribution in [1.29, 1.82) is 0 Å². The van der Waals surface area contributed by atoms with E-state index in [-0.39, 0.29) is 24.0 Å². The Morgan fingerprint density at radius 1 is 1.33 bits per heavy atom. The number of hydrogen-bond acceptors (Lipinski definition) is 4. The number of epoxide rings is 1. The molecule has 1 fully saturated rings. The standard InChI is InChI=1S/C14H17F3O4/c1-3-19-12-6-9(4-5-11(12)18-2)13(14(15,16)17)21-8-10-7-20-10/h4-6,10,13H,3,7-8H2,1-2H3/t10-,13-/m0/s1. The molecule has 118 valence electrons. The van der Waals surface area contributed by atoms with Crippen LogP contribution in [0.2, 0.25) is 0 Å². The third-order valence-electron chi connectivity index (χ3n) is 2.94. The maximum atomic E-state index is 13.1. The highest BCUT2D eigenvalue weighted by Gasteiger charge is 2.43. The molecule has 1 heterocycles. The van der Waals surface area contributed by atoms with E-state index in [4.69, 9.17) is 18.9 Å². The number of benzene rings is 1. The molecular formula is C14H17F3O4. The van der Waals surface area contributed by atoms with Gasteiger partial charge in [0.2, 0.25) is 0 Å². The van der Waals surface area contributed by atoms with Gasteiger partial charge in [0.15, 0.2) is 17.6 Å². The van der Waals surface area contributed by atoms with Crippen LogP contribution in [0.1, 0.15) is 18.6 Å². The molecule has 21 heavy (non-hydrogen) atoms. The normalized spacial score (nSPS) is 19.2. The zero-order valence-corrected chi connectivity index (χ0v) is 11.8. The second-order valence-electron chi connectivity index (χ2n) is 4.55. The zero-order valence-electron chi connectivity index (χ0n) is 11.8. The van der Waals surface area contributed by atoms with Crippen LogP contribution in [0.25, 0.3) is 0 Å². The van der Waals surface area contributed by atoms with Crippen LogP contribution >= 0.6 is 0 Å². The molecule has 1 aliphatic heterocycles. The summed E-state index contributed by atoms with van der Waals surface area (Å²) >= 11 is 0. The van der Waals surface area contributed by atoms with Gasteiger partial charge >= 0.3 is 6.18 Å². The van der Waals surface area contributed by atoms with Gasteiger partial charge in [0.05, 0.1) is 26.9 Å². The van der Waals surface area contributed by atoms with Gasteiger partial charge in [-0.15, -0.1) is 0 Å². The van der Waals surface area contributed by atoms with Crippen LogP contribution in [0.5, 0.6) is 11.5 Å². The predicted octanol–water partition coefficient (Wildman–Crippen LogP) is 3.11. The average Bonchev–Trinajstić information content (AvgIpc) is 3.22. The van der Waals surface area contributed by atoms with E-state index in [9.17, 15) is 13.2 Å². The Morgan fingerprint density at radius 2 is 2.05 bits per heavy atom. The van der Waals surface area contributed by atoms with Gasteiger partial charge in [-0.3, -0.25) is 0 Å². The number of rotatable bonds is 7. The first-order valence-corrected chi connectivity index (χ1v) is 6.56. The molecule has 0 spiro atoms. The lowest BCUT2D eigenvalue weighted by Crippen LogP contribution is -2.25. The Bertz CT molecular complexity index is 472. The second-order valence-corrected chi connectivity index (χ2v) is 4.55. The molecule has 0 bridgehead atoms. The third kappa shape index (κ3) is 4.25. The van der Waals surface area contributed by atoms with E-state index >= 15 is 0 Å². The summed E-state index contributed by atoms with van der Waals surface area (Å²) in [6.45, 7) is 2.43. The summed E-state index contributed by atoms with van der Waals surface area (Å²) in [4.78, 5) is 0. The van der Waals surface area contributed by atoms with Crippen molar-refractivity contribution < 1.29 is 32.1 Å². The number of alkyl halides is 3. The molecule has 2 rings (SSSR count). The number of ether oxygens (including phenoxy) is 4. The molecule has 0 unspecified atom stereocenters. The van der Waals surface area contributed by atoms with Crippen molar-refractivity contribution in [3.8, 4) is 11.5 Å². The molecule has 0 N–H and O–H groups in total. The van der Waals surface area contributed by atoms with E-state index in [2.05, 4.69) is 0 Å². The summed E-state index contributed by atoms with van der Waals surface area (Å²) in [7, 11) is 1.43. The van der Waals surface area contributed by atoms with Crippen LogP contribution in [0.4, 0.5) is 13.2 Å². The second kappa shape index (κ2) is 6.53. The Morgan fingerprint density at radius 3 is 2.57 bits per heavy atom. The molecule has 0 saturated carbocycles. The van der Waals surface area contributed by atoms with Crippen LogP contribution in [0.3, 0.4) is 0 Å². The minimum atomic E-state index is -4.51. The lowest BCUT2D eigenvalue weighted by Gasteiger charge is -2.22. The SMILES string of the molecule is CCOc1cc([C@H](OC[C@@H]2CO2)C(F)(F)F)ccc1OC. The maximum Gasteiger partial charge on any atom is 0.418 e. The summed E-state index contributed by atoms with van der Waals surface area (Å²) in [5.41, 5.74) is -0.0209. The molecule has 4 nitrogen and oxygen atoms in total. The van der Waals surface area contributed by atoms with Crippen LogP contribution in [-0.4, -0.2) is 39.2 Å². The topological polar surface area (TPSA) is 40.2 Å². The molecule has 7 heteroatoms. The smallest absolute Gasteiger partial charge is 0.418 e. The van der Waals surface area contributed by atoms with Crippen molar-refractivity contribution in [2.45, 2.75) is 25.3 Å². The van der Waals surface area contributed by atoms with Crippen LogP contribution in [0.15, 0.2) is 18.2 Å². The summed E-state index contributed by atoms with van der Waals surface area (Å²) in [5.74, 6) is 0.644. The van der Waals surface area contributed by atoms with Crippen molar-refractivity contribution in [2.75, 3.05) is 26.9 Å². The van der Waals surface area contributed by atoms with E-state index in [0.717, 1.165) is 0 Å². The quantitative estimate of drug-likeness (QED) is 0.726. The van der Waals surface area contributed by atoms with Gasteiger partial charge in [-0.2, -0.15) is 13.2 Å². The van der Waals surface area contributed by atoms with Gasteiger partial charge in [0.25, 0.3) is 0 Å². The van der Waals surface area contributed by atoms with Gasteiger partial charge < -0.3 is 18.9 Å². The molecule has 1 aromatic carbocycles. The first-order chi connectivity index (χ1) is 9.95. The number of methoxy groups -OCH3 is 1. The van der Waals surface area contributed by atoms with Crippen LogP contribution in [0, 0.1) is 0 Å². The fourth-order valence-electron chi connectivity index (χ4n) is 1.87. The fraction of sp³-hybridized carbons (Fsp3) is 0.571. The Hall–Kier alpha value is -1.47. The first-order valence-electron chi connectivity index (χ1n) is 6.56. The molecular weight excluding hydrogens is 289 g/mol. The zero-order chi connectivity index (χ0) is 15.5. The van der Waals surface area contributed by atoms with Gasteiger partial charge in [-0.25, -0.2) is 0 Å². The van der Waals surface area contributed by atoms with Gasteiger partial charge in [-0.1, -0.05) is 6.07 Å². The largest absolute Gasteiger partial charge is 0.493 e. The van der Waals surface area contributed by atoms with E-state index in [1.165, 1.54) is 25.3 Å². The highest BCUT2D eigenvalue weighted by molar-refractivity contribution is 5.43. The lowest BCUT2D eigenvalue weighted by atomic mass is 10.1. The van der Waals surface area contributed by atoms with Crippen LogP contribution < -0.4 is 9.47 Å². The summed E-state index contributed by atoms with van der Waals surface area (Å²) < 4.78 is 59.6. The van der Waals surface area contributed by atoms with Gasteiger partial charge in [0, 0.05) is 0 Å². The Balaban J connectivity index is 2.22. The molecule has 0 aliphatic carbocycles. The summed E-state index contributed by atoms with van der Waals surface area (Å²) in [6.07, 6.45) is -6.75. The average molecular weight is 306 g/mol. The third-order valence-corrected chi connectivity index (χ3v) is 2.94. The van der Waals surface area contributed by atoms with Gasteiger partial charge in [-0.05, 0) is 24.6 Å². The lowest BCUT2D eigenvalue weighted by molar-refractivity contribution is -0.224. The summed E-state index contributed by atoms with van der Waals surface area (Å²) in [5, 5.41) is 0. The predicted molar refractivity (Wildman–Crippen MR) is 68.7 cm³/mol. The van der Waals surface area contributed by atoms with E-state index in [1.807, 2.05) is 0 Å². The van der Waals surface area contributed by atoms with Gasteiger partial charge in [0.1, 0.15) is 6.10 Å². The molecule has 0 amide bonds. The van der Waals surface area contributed by atoms with Crippen molar-refractivity contribution in [3.05, 3.63) is 23.8 Å². The molecule has 1 aliphatic rings. The van der Waals surface area contributed by atoms with E-state index in [1.54, 1.807) is 6.92 Å². The van der Waals surface area contributed by atoms with Crippen molar-refractivity contribution in [2.24, 2.45) is 0 Å². The van der Waals surface area contributed by atoms with E-state index in [0.29, 0.717) is 19.0 Å². The van der Waals surface area contributed by atoms with Crippen LogP contribution in [-0.2, 0) is 9.47 Å². The maximum absolute atomic E-state index is 13.1. The molecule has 1 saturated heterocycles. The minimum Gasteiger partial charge on any atom is -0.493 e. The number of hydrogen-bond donors (Lipinski definition) is 0. The first kappa shape index (κ1) is 15.9.